The number of carbonyl (C=O) groups excluding carboxylic acids is 1. The second-order valence-corrected chi connectivity index (χ2v) is 5.84. The summed E-state index contributed by atoms with van der Waals surface area (Å²) in [4.78, 5) is 14.1. The SMILES string of the molecule is CCN(CC)C(=O)C(C)OC1(CN)CCC(C)CC1. The van der Waals surface area contributed by atoms with Crippen molar-refractivity contribution in [3.05, 3.63) is 0 Å². The lowest BCUT2D eigenvalue weighted by molar-refractivity contribution is -0.159. The third-order valence-electron chi connectivity index (χ3n) is 4.41. The van der Waals surface area contributed by atoms with Gasteiger partial charge in [-0.05, 0) is 52.4 Å². The van der Waals surface area contributed by atoms with Gasteiger partial charge in [-0.1, -0.05) is 6.92 Å². The summed E-state index contributed by atoms with van der Waals surface area (Å²) >= 11 is 0. The van der Waals surface area contributed by atoms with Crippen LogP contribution in [-0.2, 0) is 9.53 Å². The van der Waals surface area contributed by atoms with Crippen molar-refractivity contribution in [2.45, 2.75) is 65.1 Å². The number of hydrogen-bond donors (Lipinski definition) is 1. The van der Waals surface area contributed by atoms with Gasteiger partial charge in [0.15, 0.2) is 0 Å². The molecule has 1 unspecified atom stereocenters. The van der Waals surface area contributed by atoms with Gasteiger partial charge in [-0.2, -0.15) is 0 Å². The summed E-state index contributed by atoms with van der Waals surface area (Å²) in [5.41, 5.74) is 5.64. The molecule has 0 radical (unpaired) electrons. The van der Waals surface area contributed by atoms with Crippen LogP contribution in [0.4, 0.5) is 0 Å². The fraction of sp³-hybridized carbons (Fsp3) is 0.933. The molecule has 1 rings (SSSR count). The largest absolute Gasteiger partial charge is 0.361 e. The molecule has 1 saturated carbocycles. The van der Waals surface area contributed by atoms with Crippen molar-refractivity contribution < 1.29 is 9.53 Å². The van der Waals surface area contributed by atoms with E-state index >= 15 is 0 Å². The molecule has 4 heteroatoms. The van der Waals surface area contributed by atoms with Gasteiger partial charge in [-0.15, -0.1) is 0 Å². The molecule has 19 heavy (non-hydrogen) atoms. The number of ether oxygens (including phenoxy) is 1. The number of rotatable bonds is 6. The van der Waals surface area contributed by atoms with E-state index in [4.69, 9.17) is 10.5 Å². The van der Waals surface area contributed by atoms with E-state index in [2.05, 4.69) is 6.92 Å². The summed E-state index contributed by atoms with van der Waals surface area (Å²) in [7, 11) is 0. The number of amides is 1. The smallest absolute Gasteiger partial charge is 0.251 e. The van der Waals surface area contributed by atoms with E-state index in [9.17, 15) is 4.79 Å². The van der Waals surface area contributed by atoms with E-state index in [1.54, 1.807) is 0 Å². The van der Waals surface area contributed by atoms with Crippen LogP contribution in [0.2, 0.25) is 0 Å². The fourth-order valence-electron chi connectivity index (χ4n) is 2.88. The number of nitrogens with two attached hydrogens (primary N) is 1. The molecule has 1 atom stereocenters. The molecule has 0 aromatic rings. The zero-order valence-electron chi connectivity index (χ0n) is 12.9. The van der Waals surface area contributed by atoms with Crippen LogP contribution < -0.4 is 5.73 Å². The highest BCUT2D eigenvalue weighted by molar-refractivity contribution is 5.80. The molecule has 1 fully saturated rings. The minimum absolute atomic E-state index is 0.0800. The molecule has 1 amide bonds. The second kappa shape index (κ2) is 7.25. The zero-order chi connectivity index (χ0) is 14.5. The van der Waals surface area contributed by atoms with Gasteiger partial charge in [-0.25, -0.2) is 0 Å². The average molecular weight is 270 g/mol. The van der Waals surface area contributed by atoms with Crippen LogP contribution >= 0.6 is 0 Å². The van der Waals surface area contributed by atoms with Crippen LogP contribution in [0.5, 0.6) is 0 Å². The van der Waals surface area contributed by atoms with Crippen molar-refractivity contribution in [3.8, 4) is 0 Å². The molecule has 0 spiro atoms. The predicted molar refractivity (Wildman–Crippen MR) is 77.9 cm³/mol. The normalized spacial score (nSPS) is 29.0. The predicted octanol–water partition coefficient (Wildman–Crippen LogP) is 2.17. The Balaban J connectivity index is 2.62. The van der Waals surface area contributed by atoms with Crippen LogP contribution in [-0.4, -0.2) is 42.1 Å². The lowest BCUT2D eigenvalue weighted by Gasteiger charge is -2.40. The summed E-state index contributed by atoms with van der Waals surface area (Å²) in [6, 6.07) is 0. The Morgan fingerprint density at radius 1 is 1.37 bits per heavy atom. The van der Waals surface area contributed by atoms with Gasteiger partial charge in [0.2, 0.25) is 0 Å². The second-order valence-electron chi connectivity index (χ2n) is 5.84. The van der Waals surface area contributed by atoms with Crippen molar-refractivity contribution in [2.75, 3.05) is 19.6 Å². The highest BCUT2D eigenvalue weighted by Gasteiger charge is 2.37. The molecule has 0 aromatic heterocycles. The van der Waals surface area contributed by atoms with Crippen molar-refractivity contribution in [3.63, 3.8) is 0 Å². The van der Waals surface area contributed by atoms with Crippen LogP contribution in [0.25, 0.3) is 0 Å². The van der Waals surface area contributed by atoms with E-state index in [0.717, 1.165) is 44.7 Å². The van der Waals surface area contributed by atoms with Crippen LogP contribution in [0.3, 0.4) is 0 Å². The van der Waals surface area contributed by atoms with Gasteiger partial charge < -0.3 is 15.4 Å². The molecular formula is C15H30N2O2. The zero-order valence-corrected chi connectivity index (χ0v) is 12.9. The maximum Gasteiger partial charge on any atom is 0.251 e. The molecule has 0 saturated heterocycles. The first-order chi connectivity index (χ1) is 8.98. The van der Waals surface area contributed by atoms with Crippen molar-refractivity contribution >= 4 is 5.91 Å². The number of likely N-dealkylation sites (N-methyl/N-ethyl adjacent to an activating group) is 1. The van der Waals surface area contributed by atoms with E-state index in [1.807, 2.05) is 25.7 Å². The van der Waals surface area contributed by atoms with Crippen molar-refractivity contribution in [1.82, 2.24) is 4.90 Å². The first-order valence-corrected chi connectivity index (χ1v) is 7.64. The van der Waals surface area contributed by atoms with Crippen molar-refractivity contribution in [1.29, 1.82) is 0 Å². The van der Waals surface area contributed by atoms with Gasteiger partial charge in [0.05, 0.1) is 5.60 Å². The maximum atomic E-state index is 12.3. The summed E-state index contributed by atoms with van der Waals surface area (Å²) in [6.07, 6.45) is 3.84. The van der Waals surface area contributed by atoms with Gasteiger partial charge >= 0.3 is 0 Å². The minimum atomic E-state index is -0.392. The molecule has 4 nitrogen and oxygen atoms in total. The van der Waals surface area contributed by atoms with Gasteiger partial charge in [-0.3, -0.25) is 4.79 Å². The summed E-state index contributed by atoms with van der Waals surface area (Å²) in [5, 5.41) is 0. The standard InChI is InChI=1S/C15H30N2O2/c1-5-17(6-2)14(18)13(4)19-15(11-16)9-7-12(3)8-10-15/h12-13H,5-11,16H2,1-4H3. The third-order valence-corrected chi connectivity index (χ3v) is 4.41. The topological polar surface area (TPSA) is 55.6 Å². The highest BCUT2D eigenvalue weighted by atomic mass is 16.5. The van der Waals surface area contributed by atoms with Gasteiger partial charge in [0.25, 0.3) is 5.91 Å². The molecule has 1 aliphatic carbocycles. The van der Waals surface area contributed by atoms with Crippen LogP contribution in [0.1, 0.15) is 53.4 Å². The molecule has 112 valence electrons. The molecule has 0 heterocycles. The first-order valence-electron chi connectivity index (χ1n) is 7.64. The Bertz CT molecular complexity index is 282. The Morgan fingerprint density at radius 2 is 1.89 bits per heavy atom. The summed E-state index contributed by atoms with van der Waals surface area (Å²) in [5.74, 6) is 0.827. The number of nitrogens with zero attached hydrogens (tertiary/aromatic N) is 1. The van der Waals surface area contributed by atoms with E-state index in [0.29, 0.717) is 6.54 Å². The number of carbonyl (C=O) groups is 1. The van der Waals surface area contributed by atoms with Crippen LogP contribution in [0, 0.1) is 5.92 Å². The quantitative estimate of drug-likeness (QED) is 0.804. The molecule has 2 N–H and O–H groups in total. The summed E-state index contributed by atoms with van der Waals surface area (Å²) < 4.78 is 6.11. The Morgan fingerprint density at radius 3 is 2.32 bits per heavy atom. The lowest BCUT2D eigenvalue weighted by Crippen LogP contribution is -2.49. The first kappa shape index (κ1) is 16.4. The lowest BCUT2D eigenvalue weighted by atomic mass is 9.79. The average Bonchev–Trinajstić information content (AvgIpc) is 2.43. The third kappa shape index (κ3) is 4.18. The fourth-order valence-corrected chi connectivity index (χ4v) is 2.88. The summed E-state index contributed by atoms with van der Waals surface area (Å²) in [6.45, 7) is 10.1. The highest BCUT2D eigenvalue weighted by Crippen LogP contribution is 2.35. The molecule has 0 bridgehead atoms. The van der Waals surface area contributed by atoms with Crippen molar-refractivity contribution in [2.24, 2.45) is 11.7 Å². The van der Waals surface area contributed by atoms with E-state index < -0.39 is 6.10 Å². The maximum absolute atomic E-state index is 12.3. The Hall–Kier alpha value is -0.610. The molecular weight excluding hydrogens is 240 g/mol. The van der Waals surface area contributed by atoms with Gasteiger partial charge in [0, 0.05) is 19.6 Å². The molecule has 1 aliphatic rings. The van der Waals surface area contributed by atoms with E-state index in [1.165, 1.54) is 0 Å². The van der Waals surface area contributed by atoms with Crippen LogP contribution in [0.15, 0.2) is 0 Å². The minimum Gasteiger partial charge on any atom is -0.361 e. The van der Waals surface area contributed by atoms with Gasteiger partial charge in [0.1, 0.15) is 6.10 Å². The van der Waals surface area contributed by atoms with E-state index in [-0.39, 0.29) is 11.5 Å². The Kier molecular flexibility index (Phi) is 6.27. The Labute approximate surface area is 117 Å². The molecule has 0 aliphatic heterocycles. The monoisotopic (exact) mass is 270 g/mol. The molecule has 0 aromatic carbocycles. The number of hydrogen-bond acceptors (Lipinski definition) is 3.